The molecule has 1 aliphatic rings. The normalized spacial score (nSPS) is 27.4. The molecule has 0 bridgehead atoms. The highest BCUT2D eigenvalue weighted by Gasteiger charge is 2.36. The third-order valence-electron chi connectivity index (χ3n) is 3.15. The minimum atomic E-state index is -0.474. The zero-order valence-electron chi connectivity index (χ0n) is 10.1. The summed E-state index contributed by atoms with van der Waals surface area (Å²) in [4.78, 5) is 0. The van der Waals surface area contributed by atoms with E-state index < -0.39 is 6.10 Å². The molecule has 0 amide bonds. The fraction of sp³-hybridized carbons (Fsp3) is 0.538. The number of fused-ring (bicyclic) bond motifs is 1. The van der Waals surface area contributed by atoms with Gasteiger partial charge in [0.15, 0.2) is 0 Å². The van der Waals surface area contributed by atoms with Crippen LogP contribution in [-0.4, -0.2) is 24.4 Å². The Morgan fingerprint density at radius 1 is 1.59 bits per heavy atom. The summed E-state index contributed by atoms with van der Waals surface area (Å²) in [6.45, 7) is 2.65. The SMILES string of the molecule is COCCC1(C)C[C@@H](O)c2cc(Br)ccc2O1. The number of hydrogen-bond donors (Lipinski definition) is 1. The molecule has 1 aliphatic heterocycles. The summed E-state index contributed by atoms with van der Waals surface area (Å²) in [7, 11) is 1.67. The molecule has 3 nitrogen and oxygen atoms in total. The van der Waals surface area contributed by atoms with Crippen LogP contribution in [0.5, 0.6) is 5.75 Å². The van der Waals surface area contributed by atoms with Crippen molar-refractivity contribution in [3.63, 3.8) is 0 Å². The maximum absolute atomic E-state index is 10.2. The molecule has 0 radical (unpaired) electrons. The molecule has 2 rings (SSSR count). The zero-order chi connectivity index (χ0) is 12.5. The maximum atomic E-state index is 10.2. The van der Waals surface area contributed by atoms with Gasteiger partial charge in [0, 0.05) is 36.6 Å². The van der Waals surface area contributed by atoms with Crippen molar-refractivity contribution >= 4 is 15.9 Å². The second-order valence-corrected chi connectivity index (χ2v) is 5.61. The number of ether oxygens (including phenoxy) is 2. The predicted molar refractivity (Wildman–Crippen MR) is 69.2 cm³/mol. The Bertz CT molecular complexity index is 408. The van der Waals surface area contributed by atoms with E-state index >= 15 is 0 Å². The van der Waals surface area contributed by atoms with E-state index in [2.05, 4.69) is 15.9 Å². The zero-order valence-corrected chi connectivity index (χ0v) is 11.7. The van der Waals surface area contributed by atoms with Gasteiger partial charge in [-0.05, 0) is 25.1 Å². The van der Waals surface area contributed by atoms with Gasteiger partial charge in [-0.25, -0.2) is 0 Å². The average molecular weight is 301 g/mol. The second-order valence-electron chi connectivity index (χ2n) is 4.70. The minimum absolute atomic E-state index is 0.351. The van der Waals surface area contributed by atoms with Crippen LogP contribution in [0.1, 0.15) is 31.4 Å². The molecule has 0 spiro atoms. The summed E-state index contributed by atoms with van der Waals surface area (Å²) in [5.74, 6) is 0.769. The summed E-state index contributed by atoms with van der Waals surface area (Å²) in [5, 5.41) is 10.2. The van der Waals surface area contributed by atoms with Crippen molar-refractivity contribution in [3.05, 3.63) is 28.2 Å². The van der Waals surface area contributed by atoms with Crippen LogP contribution in [-0.2, 0) is 4.74 Å². The average Bonchev–Trinajstić information content (AvgIpc) is 2.28. The first kappa shape index (κ1) is 12.9. The first-order valence-corrected chi connectivity index (χ1v) is 6.49. The monoisotopic (exact) mass is 300 g/mol. The van der Waals surface area contributed by atoms with Crippen molar-refractivity contribution in [2.45, 2.75) is 31.5 Å². The molecule has 1 aromatic carbocycles. The highest BCUT2D eigenvalue weighted by atomic mass is 79.9. The lowest BCUT2D eigenvalue weighted by Gasteiger charge is -2.38. The van der Waals surface area contributed by atoms with Crippen LogP contribution in [0.2, 0.25) is 0 Å². The number of aliphatic hydroxyl groups excluding tert-OH is 1. The van der Waals surface area contributed by atoms with Gasteiger partial charge in [0.2, 0.25) is 0 Å². The largest absolute Gasteiger partial charge is 0.487 e. The predicted octanol–water partition coefficient (Wildman–Crippen LogP) is 3.06. The molecule has 0 aliphatic carbocycles. The number of benzene rings is 1. The smallest absolute Gasteiger partial charge is 0.126 e. The van der Waals surface area contributed by atoms with Gasteiger partial charge in [-0.3, -0.25) is 0 Å². The highest BCUT2D eigenvalue weighted by Crippen LogP contribution is 2.41. The first-order valence-electron chi connectivity index (χ1n) is 5.69. The van der Waals surface area contributed by atoms with E-state index in [1.165, 1.54) is 0 Å². The topological polar surface area (TPSA) is 38.7 Å². The second kappa shape index (κ2) is 4.96. The van der Waals surface area contributed by atoms with E-state index in [0.29, 0.717) is 13.0 Å². The van der Waals surface area contributed by atoms with E-state index in [-0.39, 0.29) is 5.60 Å². The van der Waals surface area contributed by atoms with E-state index in [4.69, 9.17) is 9.47 Å². The van der Waals surface area contributed by atoms with Gasteiger partial charge in [-0.2, -0.15) is 0 Å². The molecular formula is C13H17BrO3. The maximum Gasteiger partial charge on any atom is 0.126 e. The Balaban J connectivity index is 2.23. The Morgan fingerprint density at radius 2 is 2.35 bits per heavy atom. The minimum Gasteiger partial charge on any atom is -0.487 e. The van der Waals surface area contributed by atoms with Gasteiger partial charge < -0.3 is 14.6 Å². The molecule has 1 aromatic rings. The van der Waals surface area contributed by atoms with Crippen LogP contribution in [0.4, 0.5) is 0 Å². The van der Waals surface area contributed by atoms with Gasteiger partial charge >= 0.3 is 0 Å². The lowest BCUT2D eigenvalue weighted by atomic mass is 9.88. The highest BCUT2D eigenvalue weighted by molar-refractivity contribution is 9.10. The number of halogens is 1. The van der Waals surface area contributed by atoms with Crippen molar-refractivity contribution in [1.29, 1.82) is 0 Å². The molecule has 0 fully saturated rings. The third-order valence-corrected chi connectivity index (χ3v) is 3.64. The molecule has 1 N–H and O–H groups in total. The van der Waals surface area contributed by atoms with E-state index in [9.17, 15) is 5.11 Å². The molecule has 4 heteroatoms. The third kappa shape index (κ3) is 2.81. The summed E-state index contributed by atoms with van der Waals surface area (Å²) < 4.78 is 12.0. The van der Waals surface area contributed by atoms with E-state index in [0.717, 1.165) is 22.2 Å². The Morgan fingerprint density at radius 3 is 3.06 bits per heavy atom. The molecule has 17 heavy (non-hydrogen) atoms. The molecule has 1 heterocycles. The van der Waals surface area contributed by atoms with Crippen molar-refractivity contribution in [1.82, 2.24) is 0 Å². The lowest BCUT2D eigenvalue weighted by Crippen LogP contribution is -2.39. The van der Waals surface area contributed by atoms with Gasteiger partial charge in [0.05, 0.1) is 6.10 Å². The molecule has 94 valence electrons. The van der Waals surface area contributed by atoms with Crippen molar-refractivity contribution in [2.24, 2.45) is 0 Å². The van der Waals surface area contributed by atoms with Crippen LogP contribution < -0.4 is 4.74 Å². The number of hydrogen-bond acceptors (Lipinski definition) is 3. The van der Waals surface area contributed by atoms with Crippen LogP contribution in [0.25, 0.3) is 0 Å². The van der Waals surface area contributed by atoms with Gasteiger partial charge in [0.1, 0.15) is 11.4 Å². The van der Waals surface area contributed by atoms with Crippen LogP contribution in [0.3, 0.4) is 0 Å². The Hall–Kier alpha value is -0.580. The fourth-order valence-electron chi connectivity index (χ4n) is 2.17. The van der Waals surface area contributed by atoms with Gasteiger partial charge in [0.25, 0.3) is 0 Å². The van der Waals surface area contributed by atoms with E-state index in [1.807, 2.05) is 25.1 Å². The summed E-state index contributed by atoms with van der Waals surface area (Å²) >= 11 is 3.40. The standard InChI is InChI=1S/C13H17BrO3/c1-13(5-6-16-2)8-11(15)10-7-9(14)3-4-12(10)17-13/h3-4,7,11,15H,5-6,8H2,1-2H3/t11-,13?/m1/s1. The van der Waals surface area contributed by atoms with Crippen LogP contribution in [0, 0.1) is 0 Å². The summed E-state index contributed by atoms with van der Waals surface area (Å²) in [6, 6.07) is 5.73. The van der Waals surface area contributed by atoms with Crippen molar-refractivity contribution in [3.8, 4) is 5.75 Å². The number of rotatable bonds is 3. The molecule has 2 atom stereocenters. The van der Waals surface area contributed by atoms with Crippen LogP contribution in [0.15, 0.2) is 22.7 Å². The molecule has 0 aromatic heterocycles. The van der Waals surface area contributed by atoms with Crippen molar-refractivity contribution in [2.75, 3.05) is 13.7 Å². The lowest BCUT2D eigenvalue weighted by molar-refractivity contribution is -0.0202. The Kier molecular flexibility index (Phi) is 3.76. The van der Waals surface area contributed by atoms with Gasteiger partial charge in [-0.1, -0.05) is 15.9 Å². The molecule has 0 saturated carbocycles. The van der Waals surface area contributed by atoms with E-state index in [1.54, 1.807) is 7.11 Å². The molecular weight excluding hydrogens is 284 g/mol. The summed E-state index contributed by atoms with van der Waals surface area (Å²) in [6.07, 6.45) is 0.897. The number of aliphatic hydroxyl groups is 1. The van der Waals surface area contributed by atoms with Gasteiger partial charge in [-0.15, -0.1) is 0 Å². The molecule has 0 saturated heterocycles. The number of methoxy groups -OCH3 is 1. The first-order chi connectivity index (χ1) is 8.04. The summed E-state index contributed by atoms with van der Waals surface area (Å²) in [5.41, 5.74) is 0.505. The molecule has 1 unspecified atom stereocenters. The van der Waals surface area contributed by atoms with Crippen LogP contribution >= 0.6 is 15.9 Å². The van der Waals surface area contributed by atoms with Crippen molar-refractivity contribution < 1.29 is 14.6 Å². The quantitative estimate of drug-likeness (QED) is 0.932. The Labute approximate surface area is 110 Å². The fourth-order valence-corrected chi connectivity index (χ4v) is 2.55.